The largest absolute Gasteiger partial charge is 0.573 e. The molecule has 1 heterocycles. The molecule has 10 heteroatoms. The number of ether oxygens (including phenoxy) is 1. The normalized spacial score (nSPS) is 11.5. The van der Waals surface area contributed by atoms with Gasteiger partial charge in [-0.05, 0) is 51.3 Å². The van der Waals surface area contributed by atoms with Crippen molar-refractivity contribution < 1.29 is 17.9 Å². The second-order valence-corrected chi connectivity index (χ2v) is 7.63. The summed E-state index contributed by atoms with van der Waals surface area (Å²) in [6.45, 7) is 1.51. The van der Waals surface area contributed by atoms with Gasteiger partial charge in [0.25, 0.3) is 0 Å². The van der Waals surface area contributed by atoms with Gasteiger partial charge in [-0.1, -0.05) is 35.9 Å². The van der Waals surface area contributed by atoms with Crippen LogP contribution in [-0.2, 0) is 0 Å². The van der Waals surface area contributed by atoms with Crippen molar-refractivity contribution in [3.05, 3.63) is 59.6 Å². The van der Waals surface area contributed by atoms with Crippen LogP contribution in [0.2, 0.25) is 5.02 Å². The molecule has 0 aliphatic rings. The van der Waals surface area contributed by atoms with Crippen LogP contribution in [0, 0.1) is 0 Å². The number of nitrogens with zero attached hydrogens (tertiary/aromatic N) is 3. The highest BCUT2D eigenvalue weighted by Gasteiger charge is 2.31. The van der Waals surface area contributed by atoms with E-state index >= 15 is 0 Å². The molecular weight excluding hydrogens is 443 g/mol. The molecule has 32 heavy (non-hydrogen) atoms. The Bertz CT molecular complexity index is 1050. The molecule has 0 spiro atoms. The molecule has 0 radical (unpaired) electrons. The predicted octanol–water partition coefficient (Wildman–Crippen LogP) is 5.80. The third-order valence-electron chi connectivity index (χ3n) is 4.29. The zero-order chi connectivity index (χ0) is 23.1. The number of nitrogens with one attached hydrogen (secondary N) is 2. The molecule has 2 N–H and O–H groups in total. The molecular formula is C22H23ClF3N5O. The molecule has 0 saturated heterocycles. The average molecular weight is 466 g/mol. The lowest BCUT2D eigenvalue weighted by atomic mass is 10.1. The lowest BCUT2D eigenvalue weighted by molar-refractivity contribution is -0.274. The number of aromatic nitrogens is 2. The fourth-order valence-corrected chi connectivity index (χ4v) is 3.07. The maximum atomic E-state index is 12.6. The van der Waals surface area contributed by atoms with Crippen LogP contribution in [0.4, 0.5) is 30.6 Å². The first kappa shape index (κ1) is 23.6. The van der Waals surface area contributed by atoms with E-state index in [0.717, 1.165) is 13.0 Å². The third-order valence-corrected chi connectivity index (χ3v) is 4.62. The minimum absolute atomic E-state index is 0.324. The summed E-state index contributed by atoms with van der Waals surface area (Å²) in [4.78, 5) is 11.0. The number of anilines is 3. The number of hydrogen-bond acceptors (Lipinski definition) is 6. The fraction of sp³-hybridized carbons (Fsp3) is 0.273. The molecule has 2 aromatic carbocycles. The molecule has 170 valence electrons. The SMILES string of the molecule is CN(C)CCCNc1nc(Nc2ccccc2Cl)cc(-c2cccc(OC(F)(F)F)c2)n1. The van der Waals surface area contributed by atoms with Crippen LogP contribution in [0.25, 0.3) is 11.3 Å². The number of rotatable bonds is 9. The summed E-state index contributed by atoms with van der Waals surface area (Å²) in [6.07, 6.45) is -3.91. The van der Waals surface area contributed by atoms with Crippen molar-refractivity contribution in [1.82, 2.24) is 14.9 Å². The molecule has 0 amide bonds. The first-order chi connectivity index (χ1) is 15.2. The van der Waals surface area contributed by atoms with Crippen LogP contribution in [0.5, 0.6) is 5.75 Å². The van der Waals surface area contributed by atoms with Gasteiger partial charge in [0.15, 0.2) is 0 Å². The Morgan fingerprint density at radius 2 is 1.81 bits per heavy atom. The summed E-state index contributed by atoms with van der Waals surface area (Å²) in [5.41, 5.74) is 1.52. The Morgan fingerprint density at radius 3 is 2.53 bits per heavy atom. The summed E-state index contributed by atoms with van der Waals surface area (Å²) < 4.78 is 41.9. The second kappa shape index (κ2) is 10.5. The third kappa shape index (κ3) is 7.28. The van der Waals surface area contributed by atoms with Gasteiger partial charge in [-0.2, -0.15) is 4.98 Å². The first-order valence-corrected chi connectivity index (χ1v) is 10.2. The van der Waals surface area contributed by atoms with Crippen molar-refractivity contribution in [2.24, 2.45) is 0 Å². The summed E-state index contributed by atoms with van der Waals surface area (Å²) in [6, 6.07) is 14.5. The summed E-state index contributed by atoms with van der Waals surface area (Å²) in [5.74, 6) is 0.466. The Hall–Kier alpha value is -3.04. The van der Waals surface area contributed by atoms with Gasteiger partial charge in [-0.25, -0.2) is 4.98 Å². The maximum absolute atomic E-state index is 12.6. The van der Waals surface area contributed by atoms with Gasteiger partial charge < -0.3 is 20.3 Å². The van der Waals surface area contributed by atoms with E-state index in [-0.39, 0.29) is 5.75 Å². The zero-order valence-corrected chi connectivity index (χ0v) is 18.3. The van der Waals surface area contributed by atoms with Gasteiger partial charge in [0.2, 0.25) is 5.95 Å². The van der Waals surface area contributed by atoms with Gasteiger partial charge in [0.05, 0.1) is 16.4 Å². The van der Waals surface area contributed by atoms with E-state index in [9.17, 15) is 13.2 Å². The number of halogens is 4. The van der Waals surface area contributed by atoms with Gasteiger partial charge >= 0.3 is 6.36 Å². The zero-order valence-electron chi connectivity index (χ0n) is 17.6. The van der Waals surface area contributed by atoms with Crippen LogP contribution in [-0.4, -0.2) is 48.4 Å². The van der Waals surface area contributed by atoms with E-state index in [4.69, 9.17) is 11.6 Å². The fourth-order valence-electron chi connectivity index (χ4n) is 2.89. The molecule has 0 aliphatic carbocycles. The highest BCUT2D eigenvalue weighted by atomic mass is 35.5. The molecule has 0 atom stereocenters. The number of hydrogen-bond donors (Lipinski definition) is 2. The summed E-state index contributed by atoms with van der Waals surface area (Å²) in [5, 5.41) is 6.82. The lowest BCUT2D eigenvalue weighted by Crippen LogP contribution is -2.17. The number of alkyl halides is 3. The minimum atomic E-state index is -4.78. The van der Waals surface area contributed by atoms with Gasteiger partial charge in [-0.15, -0.1) is 13.2 Å². The molecule has 6 nitrogen and oxygen atoms in total. The molecule has 1 aromatic heterocycles. The average Bonchev–Trinajstić information content (AvgIpc) is 2.72. The lowest BCUT2D eigenvalue weighted by Gasteiger charge is -2.14. The Balaban J connectivity index is 1.91. The van der Waals surface area contributed by atoms with Crippen molar-refractivity contribution in [2.45, 2.75) is 12.8 Å². The van der Waals surface area contributed by atoms with Crippen LogP contribution >= 0.6 is 11.6 Å². The smallest absolute Gasteiger partial charge is 0.406 e. The van der Waals surface area contributed by atoms with Gasteiger partial charge in [-0.3, -0.25) is 0 Å². The Kier molecular flexibility index (Phi) is 7.76. The highest BCUT2D eigenvalue weighted by molar-refractivity contribution is 6.33. The summed E-state index contributed by atoms with van der Waals surface area (Å²) in [7, 11) is 3.97. The predicted molar refractivity (Wildman–Crippen MR) is 121 cm³/mol. The molecule has 3 aromatic rings. The quantitative estimate of drug-likeness (QED) is 0.389. The standard InChI is InChI=1S/C22H23ClF3N5O/c1-31(2)12-6-11-27-21-29-19(15-7-5-8-16(13-15)32-22(24,25)26)14-20(30-21)28-18-10-4-3-9-17(18)23/h3-5,7-10,13-14H,6,11-12H2,1-2H3,(H2,27,28,29,30). The van der Waals surface area contributed by atoms with Crippen molar-refractivity contribution >= 4 is 29.1 Å². The summed E-state index contributed by atoms with van der Waals surface area (Å²) >= 11 is 6.24. The van der Waals surface area contributed by atoms with E-state index in [1.165, 1.54) is 18.2 Å². The van der Waals surface area contributed by atoms with E-state index < -0.39 is 6.36 Å². The van der Waals surface area contributed by atoms with Crippen LogP contribution < -0.4 is 15.4 Å². The van der Waals surface area contributed by atoms with Crippen molar-refractivity contribution in [2.75, 3.05) is 37.8 Å². The van der Waals surface area contributed by atoms with Crippen LogP contribution in [0.3, 0.4) is 0 Å². The Labute approximate surface area is 189 Å². The molecule has 0 bridgehead atoms. The number of benzene rings is 2. The molecule has 0 fully saturated rings. The molecule has 0 unspecified atom stereocenters. The van der Waals surface area contributed by atoms with E-state index in [1.54, 1.807) is 24.3 Å². The first-order valence-electron chi connectivity index (χ1n) is 9.85. The van der Waals surface area contributed by atoms with Gasteiger partial charge in [0, 0.05) is 18.2 Å². The van der Waals surface area contributed by atoms with Gasteiger partial charge in [0.1, 0.15) is 11.6 Å². The van der Waals surface area contributed by atoms with E-state index in [1.807, 2.05) is 26.2 Å². The highest BCUT2D eigenvalue weighted by Crippen LogP contribution is 2.30. The molecule has 3 rings (SSSR count). The van der Waals surface area contributed by atoms with Crippen LogP contribution in [0.15, 0.2) is 54.6 Å². The van der Waals surface area contributed by atoms with E-state index in [0.29, 0.717) is 40.3 Å². The topological polar surface area (TPSA) is 62.3 Å². The van der Waals surface area contributed by atoms with Crippen LogP contribution in [0.1, 0.15) is 6.42 Å². The number of para-hydroxylation sites is 1. The monoisotopic (exact) mass is 465 g/mol. The Morgan fingerprint density at radius 1 is 1.03 bits per heavy atom. The van der Waals surface area contributed by atoms with Crippen molar-refractivity contribution in [3.63, 3.8) is 0 Å². The molecule has 0 saturated carbocycles. The second-order valence-electron chi connectivity index (χ2n) is 7.23. The van der Waals surface area contributed by atoms with Crippen molar-refractivity contribution in [1.29, 1.82) is 0 Å². The van der Waals surface area contributed by atoms with E-state index in [2.05, 4.69) is 30.2 Å². The van der Waals surface area contributed by atoms with Crippen molar-refractivity contribution in [3.8, 4) is 17.0 Å². The maximum Gasteiger partial charge on any atom is 0.573 e. The minimum Gasteiger partial charge on any atom is -0.406 e. The molecule has 0 aliphatic heterocycles.